The first-order chi connectivity index (χ1) is 6.40. The Labute approximate surface area is 80.1 Å². The highest BCUT2D eigenvalue weighted by molar-refractivity contribution is 4.91. The van der Waals surface area contributed by atoms with Crippen LogP contribution in [0.15, 0.2) is 0 Å². The van der Waals surface area contributed by atoms with Gasteiger partial charge in [-0.1, -0.05) is 0 Å². The van der Waals surface area contributed by atoms with Crippen LogP contribution in [0.2, 0.25) is 0 Å². The van der Waals surface area contributed by atoms with Gasteiger partial charge in [0.25, 0.3) is 0 Å². The van der Waals surface area contributed by atoms with Crippen LogP contribution in [-0.4, -0.2) is 48.3 Å². The molecule has 0 aromatic carbocycles. The lowest BCUT2D eigenvalue weighted by molar-refractivity contribution is 0.280. The number of nitrogens with zero attached hydrogens (tertiary/aromatic N) is 1. The maximum atomic E-state index is 8.64. The van der Waals surface area contributed by atoms with Gasteiger partial charge in [-0.3, -0.25) is 4.90 Å². The molecule has 3 heteroatoms. The highest BCUT2D eigenvalue weighted by atomic mass is 16.3. The number of nitrogens with one attached hydrogen (secondary N) is 1. The van der Waals surface area contributed by atoms with E-state index in [1.807, 2.05) is 0 Å². The first-order valence-corrected chi connectivity index (χ1v) is 5.48. The fraction of sp³-hybridized carbons (Fsp3) is 1.00. The number of hydrogen-bond acceptors (Lipinski definition) is 3. The molecule has 1 aliphatic carbocycles. The van der Waals surface area contributed by atoms with E-state index in [1.165, 1.54) is 32.4 Å². The van der Waals surface area contributed by atoms with Crippen molar-refractivity contribution in [3.63, 3.8) is 0 Å². The molecule has 1 atom stereocenters. The first kappa shape index (κ1) is 9.44. The lowest BCUT2D eigenvalue weighted by Crippen LogP contribution is -2.34. The Balaban J connectivity index is 1.60. The maximum absolute atomic E-state index is 8.64. The zero-order valence-corrected chi connectivity index (χ0v) is 8.21. The van der Waals surface area contributed by atoms with E-state index in [9.17, 15) is 0 Å². The van der Waals surface area contributed by atoms with Gasteiger partial charge >= 0.3 is 0 Å². The third-order valence-corrected chi connectivity index (χ3v) is 3.05. The molecule has 1 unspecified atom stereocenters. The number of aliphatic hydroxyl groups excluding tert-OH is 1. The Bertz CT molecular complexity index is 159. The largest absolute Gasteiger partial charge is 0.396 e. The molecule has 0 radical (unpaired) electrons. The summed E-state index contributed by atoms with van der Waals surface area (Å²) in [6.45, 7) is 3.79. The first-order valence-electron chi connectivity index (χ1n) is 5.48. The van der Waals surface area contributed by atoms with Gasteiger partial charge in [0, 0.05) is 31.8 Å². The highest BCUT2D eigenvalue weighted by Crippen LogP contribution is 2.29. The zero-order valence-electron chi connectivity index (χ0n) is 8.21. The molecular weight excluding hydrogens is 164 g/mol. The maximum Gasteiger partial charge on any atom is 0.0443 e. The predicted octanol–water partition coefficient (Wildman–Crippen LogP) is 0.195. The molecular formula is C10H20N2O. The van der Waals surface area contributed by atoms with E-state index in [0.29, 0.717) is 12.6 Å². The van der Waals surface area contributed by atoms with Crippen LogP contribution in [-0.2, 0) is 0 Å². The van der Waals surface area contributed by atoms with E-state index >= 15 is 0 Å². The lowest BCUT2D eigenvalue weighted by atomic mass is 10.2. The number of aliphatic hydroxyl groups is 1. The van der Waals surface area contributed by atoms with E-state index in [0.717, 1.165) is 19.0 Å². The van der Waals surface area contributed by atoms with Gasteiger partial charge in [0.15, 0.2) is 0 Å². The molecule has 2 fully saturated rings. The van der Waals surface area contributed by atoms with Gasteiger partial charge in [-0.2, -0.15) is 0 Å². The molecule has 2 rings (SSSR count). The Kier molecular flexibility index (Phi) is 3.19. The normalized spacial score (nSPS) is 29.8. The lowest BCUT2D eigenvalue weighted by Gasteiger charge is -2.15. The molecule has 0 amide bonds. The standard InChI is InChI=1S/C10H20N2O/c13-7-1-5-11-9-4-6-12(8-9)10-2-3-10/h9-11,13H,1-8H2. The van der Waals surface area contributed by atoms with Crippen molar-refractivity contribution in [3.8, 4) is 0 Å². The quantitative estimate of drug-likeness (QED) is 0.599. The smallest absolute Gasteiger partial charge is 0.0443 e. The molecule has 13 heavy (non-hydrogen) atoms. The highest BCUT2D eigenvalue weighted by Gasteiger charge is 2.33. The third kappa shape index (κ3) is 2.66. The van der Waals surface area contributed by atoms with Gasteiger partial charge < -0.3 is 10.4 Å². The van der Waals surface area contributed by atoms with E-state index in [1.54, 1.807) is 0 Å². The summed E-state index contributed by atoms with van der Waals surface area (Å²) in [6, 6.07) is 1.61. The average molecular weight is 184 g/mol. The monoisotopic (exact) mass is 184 g/mol. The minimum absolute atomic E-state index is 0.312. The van der Waals surface area contributed by atoms with Crippen LogP contribution in [0, 0.1) is 0 Å². The third-order valence-electron chi connectivity index (χ3n) is 3.05. The fourth-order valence-corrected chi connectivity index (χ4v) is 2.11. The summed E-state index contributed by atoms with van der Waals surface area (Å²) in [7, 11) is 0. The SMILES string of the molecule is OCCCNC1CCN(C2CC2)C1. The van der Waals surface area contributed by atoms with Crippen molar-refractivity contribution in [2.24, 2.45) is 0 Å². The van der Waals surface area contributed by atoms with Gasteiger partial charge in [-0.05, 0) is 32.2 Å². The van der Waals surface area contributed by atoms with Crippen LogP contribution in [0.4, 0.5) is 0 Å². The van der Waals surface area contributed by atoms with Crippen molar-refractivity contribution >= 4 is 0 Å². The Morgan fingerprint density at radius 3 is 2.85 bits per heavy atom. The van der Waals surface area contributed by atoms with Gasteiger partial charge in [-0.15, -0.1) is 0 Å². The summed E-state index contributed by atoms with van der Waals surface area (Å²) >= 11 is 0. The van der Waals surface area contributed by atoms with Crippen molar-refractivity contribution in [2.45, 2.75) is 37.8 Å². The molecule has 0 aromatic heterocycles. The van der Waals surface area contributed by atoms with Gasteiger partial charge in [0.1, 0.15) is 0 Å². The van der Waals surface area contributed by atoms with Crippen LogP contribution in [0.1, 0.15) is 25.7 Å². The summed E-state index contributed by atoms with van der Waals surface area (Å²) in [5.41, 5.74) is 0. The van der Waals surface area contributed by atoms with E-state index < -0.39 is 0 Å². The minimum atomic E-state index is 0.312. The molecule has 1 saturated heterocycles. The van der Waals surface area contributed by atoms with E-state index in [2.05, 4.69) is 10.2 Å². The Morgan fingerprint density at radius 1 is 1.31 bits per heavy atom. The summed E-state index contributed by atoms with van der Waals surface area (Å²) in [5.74, 6) is 0. The molecule has 1 saturated carbocycles. The summed E-state index contributed by atoms with van der Waals surface area (Å²) in [6.07, 6.45) is 5.02. The Hall–Kier alpha value is -0.120. The molecule has 2 aliphatic rings. The topological polar surface area (TPSA) is 35.5 Å². The molecule has 76 valence electrons. The van der Waals surface area contributed by atoms with Crippen LogP contribution < -0.4 is 5.32 Å². The van der Waals surface area contributed by atoms with E-state index in [4.69, 9.17) is 5.11 Å². The predicted molar refractivity (Wildman–Crippen MR) is 52.7 cm³/mol. The molecule has 0 bridgehead atoms. The second-order valence-corrected chi connectivity index (χ2v) is 4.24. The number of likely N-dealkylation sites (tertiary alicyclic amines) is 1. The number of rotatable bonds is 5. The van der Waals surface area contributed by atoms with Crippen molar-refractivity contribution < 1.29 is 5.11 Å². The van der Waals surface area contributed by atoms with Crippen LogP contribution in [0.25, 0.3) is 0 Å². The Morgan fingerprint density at radius 2 is 2.15 bits per heavy atom. The van der Waals surface area contributed by atoms with Crippen molar-refractivity contribution in [1.82, 2.24) is 10.2 Å². The summed E-state index contributed by atoms with van der Waals surface area (Å²) in [5, 5.41) is 12.1. The average Bonchev–Trinajstić information content (AvgIpc) is 2.88. The second kappa shape index (κ2) is 4.40. The molecule has 0 aromatic rings. The number of hydrogen-bond donors (Lipinski definition) is 2. The molecule has 3 nitrogen and oxygen atoms in total. The van der Waals surface area contributed by atoms with Crippen LogP contribution in [0.5, 0.6) is 0 Å². The molecule has 2 N–H and O–H groups in total. The summed E-state index contributed by atoms with van der Waals surface area (Å²) in [4.78, 5) is 2.61. The van der Waals surface area contributed by atoms with Crippen molar-refractivity contribution in [2.75, 3.05) is 26.2 Å². The van der Waals surface area contributed by atoms with Gasteiger partial charge in [-0.25, -0.2) is 0 Å². The molecule has 1 aliphatic heterocycles. The minimum Gasteiger partial charge on any atom is -0.396 e. The zero-order chi connectivity index (χ0) is 9.10. The molecule has 0 spiro atoms. The molecule has 1 heterocycles. The second-order valence-electron chi connectivity index (χ2n) is 4.24. The van der Waals surface area contributed by atoms with Gasteiger partial charge in [0.05, 0.1) is 0 Å². The van der Waals surface area contributed by atoms with E-state index in [-0.39, 0.29) is 0 Å². The fourth-order valence-electron chi connectivity index (χ4n) is 2.11. The van der Waals surface area contributed by atoms with Crippen LogP contribution >= 0.6 is 0 Å². The van der Waals surface area contributed by atoms with Crippen LogP contribution in [0.3, 0.4) is 0 Å². The van der Waals surface area contributed by atoms with Crippen molar-refractivity contribution in [3.05, 3.63) is 0 Å². The van der Waals surface area contributed by atoms with Crippen molar-refractivity contribution in [1.29, 1.82) is 0 Å². The summed E-state index contributed by atoms with van der Waals surface area (Å²) < 4.78 is 0. The van der Waals surface area contributed by atoms with Gasteiger partial charge in [0.2, 0.25) is 0 Å².